The monoisotopic (exact) mass is 511 g/mol. The normalized spacial score (nSPS) is 15.2. The van der Waals surface area contributed by atoms with Gasteiger partial charge in [-0.05, 0) is 43.7 Å². The Morgan fingerprint density at radius 3 is 2.24 bits per heavy atom. The van der Waals surface area contributed by atoms with Gasteiger partial charge in [0, 0.05) is 50.5 Å². The summed E-state index contributed by atoms with van der Waals surface area (Å²) in [4.78, 5) is 21.5. The Morgan fingerprint density at radius 2 is 1.62 bits per heavy atom. The lowest BCUT2D eigenvalue weighted by Gasteiger charge is -2.36. The molecule has 0 N–H and O–H groups in total. The summed E-state index contributed by atoms with van der Waals surface area (Å²) in [5.74, 6) is -1.19. The maximum absolute atomic E-state index is 12.7. The van der Waals surface area contributed by atoms with Gasteiger partial charge in [0.25, 0.3) is 5.89 Å². The third-order valence-corrected chi connectivity index (χ3v) is 6.36. The fourth-order valence-corrected chi connectivity index (χ4v) is 4.21. The van der Waals surface area contributed by atoms with Crippen LogP contribution in [0.15, 0.2) is 56.2 Å². The standard InChI is InChI=1S/C25H27F2N7O3/c1-16(2)33-11-9-32(10-12-33)14-17-3-5-18(6-4-17)23-31-34(25(35)37-23)15-20-8-7-19(13-28-20)22-29-30-24(36-22)21(26)27/h3-8,13,16,21H,9-12,14-15H2,1-2H3. The first-order valence-electron chi connectivity index (χ1n) is 12.1. The van der Waals surface area contributed by atoms with E-state index in [0.29, 0.717) is 22.9 Å². The van der Waals surface area contributed by atoms with E-state index in [-0.39, 0.29) is 18.3 Å². The van der Waals surface area contributed by atoms with Crippen LogP contribution in [-0.4, -0.2) is 67.0 Å². The van der Waals surface area contributed by atoms with Gasteiger partial charge in [-0.25, -0.2) is 4.79 Å². The van der Waals surface area contributed by atoms with Gasteiger partial charge < -0.3 is 8.83 Å². The zero-order valence-corrected chi connectivity index (χ0v) is 20.5. The van der Waals surface area contributed by atoms with Crippen LogP contribution in [0.3, 0.4) is 0 Å². The molecule has 0 atom stereocenters. The summed E-state index contributed by atoms with van der Waals surface area (Å²) in [5, 5.41) is 11.2. The summed E-state index contributed by atoms with van der Waals surface area (Å²) in [6.07, 6.45) is -1.44. The lowest BCUT2D eigenvalue weighted by Crippen LogP contribution is -2.48. The molecule has 37 heavy (non-hydrogen) atoms. The third-order valence-electron chi connectivity index (χ3n) is 6.36. The van der Waals surface area contributed by atoms with Crippen molar-refractivity contribution in [2.24, 2.45) is 0 Å². The topological polar surface area (TPSA) is 106 Å². The van der Waals surface area contributed by atoms with E-state index in [9.17, 15) is 13.6 Å². The van der Waals surface area contributed by atoms with Crippen molar-refractivity contribution in [3.8, 4) is 22.9 Å². The van der Waals surface area contributed by atoms with Crippen LogP contribution < -0.4 is 5.76 Å². The van der Waals surface area contributed by atoms with Gasteiger partial charge in [-0.3, -0.25) is 14.8 Å². The Kier molecular flexibility index (Phi) is 7.19. The van der Waals surface area contributed by atoms with Gasteiger partial charge >= 0.3 is 12.2 Å². The molecule has 0 radical (unpaired) electrons. The quantitative estimate of drug-likeness (QED) is 0.352. The first kappa shape index (κ1) is 24.9. The van der Waals surface area contributed by atoms with Crippen molar-refractivity contribution in [1.82, 2.24) is 34.8 Å². The van der Waals surface area contributed by atoms with Crippen molar-refractivity contribution in [3.63, 3.8) is 0 Å². The van der Waals surface area contributed by atoms with E-state index in [1.165, 1.54) is 16.4 Å². The van der Waals surface area contributed by atoms with Gasteiger partial charge in [0.15, 0.2) is 0 Å². The molecule has 0 saturated carbocycles. The molecule has 4 heterocycles. The number of nitrogens with zero attached hydrogens (tertiary/aromatic N) is 7. The molecule has 1 fully saturated rings. The molecule has 0 bridgehead atoms. The van der Waals surface area contributed by atoms with Gasteiger partial charge in [0.05, 0.1) is 17.8 Å². The molecule has 0 spiro atoms. The molecule has 12 heteroatoms. The number of halogens is 2. The molecular weight excluding hydrogens is 484 g/mol. The second kappa shape index (κ2) is 10.7. The summed E-state index contributed by atoms with van der Waals surface area (Å²) in [6, 6.07) is 11.7. The molecule has 5 rings (SSSR count). The minimum Gasteiger partial charge on any atom is -0.415 e. The smallest absolute Gasteiger partial charge is 0.415 e. The largest absolute Gasteiger partial charge is 0.437 e. The summed E-state index contributed by atoms with van der Waals surface area (Å²) in [5.41, 5.74) is 2.80. The Labute approximate surface area is 211 Å². The van der Waals surface area contributed by atoms with Crippen molar-refractivity contribution < 1.29 is 17.6 Å². The zero-order chi connectivity index (χ0) is 25.9. The summed E-state index contributed by atoms with van der Waals surface area (Å²) in [7, 11) is 0. The van der Waals surface area contributed by atoms with Crippen LogP contribution in [0.2, 0.25) is 0 Å². The van der Waals surface area contributed by atoms with E-state index >= 15 is 0 Å². The summed E-state index contributed by atoms with van der Waals surface area (Å²) < 4.78 is 36.8. The molecule has 0 aliphatic carbocycles. The predicted octanol–water partition coefficient (Wildman–Crippen LogP) is 3.46. The maximum Gasteiger partial charge on any atom is 0.437 e. The second-order valence-corrected chi connectivity index (χ2v) is 9.22. The first-order valence-corrected chi connectivity index (χ1v) is 12.1. The predicted molar refractivity (Wildman–Crippen MR) is 130 cm³/mol. The maximum atomic E-state index is 12.7. The van der Waals surface area contributed by atoms with Crippen molar-refractivity contribution in [2.45, 2.75) is 39.4 Å². The highest BCUT2D eigenvalue weighted by Crippen LogP contribution is 2.23. The number of alkyl halides is 2. The van der Waals surface area contributed by atoms with E-state index in [1.807, 2.05) is 24.3 Å². The van der Waals surface area contributed by atoms with Gasteiger partial charge in [-0.15, -0.1) is 15.3 Å². The van der Waals surface area contributed by atoms with Crippen molar-refractivity contribution in [3.05, 3.63) is 70.3 Å². The van der Waals surface area contributed by atoms with Gasteiger partial charge in [0.1, 0.15) is 0 Å². The lowest BCUT2D eigenvalue weighted by molar-refractivity contribution is 0.104. The number of pyridine rings is 1. The van der Waals surface area contributed by atoms with Crippen molar-refractivity contribution in [2.75, 3.05) is 26.2 Å². The van der Waals surface area contributed by atoms with Gasteiger partial charge in [-0.2, -0.15) is 13.5 Å². The highest BCUT2D eigenvalue weighted by atomic mass is 19.3. The van der Waals surface area contributed by atoms with E-state index in [2.05, 4.69) is 43.9 Å². The van der Waals surface area contributed by atoms with Crippen molar-refractivity contribution >= 4 is 0 Å². The fourth-order valence-electron chi connectivity index (χ4n) is 4.21. The molecule has 0 amide bonds. The summed E-state index contributed by atoms with van der Waals surface area (Å²) in [6.45, 7) is 9.65. The minimum atomic E-state index is -2.84. The Bertz CT molecular complexity index is 1370. The number of aromatic nitrogens is 5. The second-order valence-electron chi connectivity index (χ2n) is 9.22. The van der Waals surface area contributed by atoms with E-state index in [1.54, 1.807) is 12.1 Å². The van der Waals surface area contributed by atoms with Crippen LogP contribution in [0.5, 0.6) is 0 Å². The number of rotatable bonds is 8. The molecule has 10 nitrogen and oxygen atoms in total. The average molecular weight is 512 g/mol. The Balaban J connectivity index is 1.21. The first-order chi connectivity index (χ1) is 17.9. The van der Waals surface area contributed by atoms with Crippen LogP contribution in [0.4, 0.5) is 8.78 Å². The number of benzene rings is 1. The highest BCUT2D eigenvalue weighted by molar-refractivity contribution is 5.53. The van der Waals surface area contributed by atoms with E-state index < -0.39 is 18.1 Å². The summed E-state index contributed by atoms with van der Waals surface area (Å²) >= 11 is 0. The molecular formula is C25H27F2N7O3. The number of hydrogen-bond acceptors (Lipinski definition) is 9. The van der Waals surface area contributed by atoms with Crippen LogP contribution in [0, 0.1) is 0 Å². The van der Waals surface area contributed by atoms with E-state index in [0.717, 1.165) is 32.7 Å². The fraction of sp³-hybridized carbons (Fsp3) is 0.400. The van der Waals surface area contributed by atoms with Crippen LogP contribution in [0.1, 0.15) is 37.4 Å². The average Bonchev–Trinajstić information content (AvgIpc) is 3.53. The van der Waals surface area contributed by atoms with Crippen LogP contribution in [-0.2, 0) is 13.1 Å². The number of piperazine rings is 1. The SMILES string of the molecule is CC(C)N1CCN(Cc2ccc(-c3nn(Cc4ccc(-c5nnc(C(F)F)o5)cn4)c(=O)o3)cc2)CC1. The van der Waals surface area contributed by atoms with Gasteiger partial charge in [0.2, 0.25) is 11.8 Å². The lowest BCUT2D eigenvalue weighted by atomic mass is 10.1. The molecule has 4 aromatic rings. The number of hydrogen-bond donors (Lipinski definition) is 0. The molecule has 0 unspecified atom stereocenters. The van der Waals surface area contributed by atoms with Crippen molar-refractivity contribution in [1.29, 1.82) is 0 Å². The Hall–Kier alpha value is -3.77. The molecule has 1 aliphatic rings. The molecule has 1 saturated heterocycles. The van der Waals surface area contributed by atoms with Crippen LogP contribution in [0.25, 0.3) is 22.9 Å². The zero-order valence-electron chi connectivity index (χ0n) is 20.5. The Morgan fingerprint density at radius 1 is 0.892 bits per heavy atom. The third kappa shape index (κ3) is 5.81. The highest BCUT2D eigenvalue weighted by Gasteiger charge is 2.20. The van der Waals surface area contributed by atoms with E-state index in [4.69, 9.17) is 8.83 Å². The molecule has 1 aliphatic heterocycles. The van der Waals surface area contributed by atoms with Crippen LogP contribution >= 0.6 is 0 Å². The minimum absolute atomic E-state index is 0.0588. The molecule has 3 aromatic heterocycles. The molecule has 194 valence electrons. The van der Waals surface area contributed by atoms with Gasteiger partial charge in [-0.1, -0.05) is 12.1 Å². The molecule has 1 aromatic carbocycles.